The molecule has 150 valence electrons. The average molecular weight is 397 g/mol. The molecule has 29 heavy (non-hydrogen) atoms. The van der Waals surface area contributed by atoms with Crippen LogP contribution in [0.1, 0.15) is 22.3 Å². The summed E-state index contributed by atoms with van der Waals surface area (Å²) < 4.78 is 14.7. The highest BCUT2D eigenvalue weighted by Crippen LogP contribution is 2.24. The average Bonchev–Trinajstić information content (AvgIpc) is 3.17. The van der Waals surface area contributed by atoms with Gasteiger partial charge in [0, 0.05) is 37.7 Å². The molecule has 9 heteroatoms. The highest BCUT2D eigenvalue weighted by molar-refractivity contribution is 5.91. The molecule has 3 aromatic heterocycles. The van der Waals surface area contributed by atoms with Crippen molar-refractivity contribution in [2.45, 2.75) is 18.9 Å². The summed E-state index contributed by atoms with van der Waals surface area (Å²) in [4.78, 5) is 36.1. The van der Waals surface area contributed by atoms with Crippen molar-refractivity contribution in [1.29, 1.82) is 0 Å². The largest absolute Gasteiger partial charge is 0.477 e. The van der Waals surface area contributed by atoms with E-state index in [4.69, 9.17) is 5.11 Å². The zero-order valence-corrected chi connectivity index (χ0v) is 15.6. The SMILES string of the molecule is O=C(O)c1c[nH]c2nc(N3CCC(NCCc4ccncc4)C3)c(F)cc2c1=O. The fourth-order valence-electron chi connectivity index (χ4n) is 3.58. The summed E-state index contributed by atoms with van der Waals surface area (Å²) in [6.45, 7) is 2.05. The van der Waals surface area contributed by atoms with Gasteiger partial charge in [0.05, 0.1) is 5.39 Å². The van der Waals surface area contributed by atoms with Gasteiger partial charge in [0.2, 0.25) is 5.43 Å². The number of aromatic amines is 1. The molecule has 1 unspecified atom stereocenters. The Balaban J connectivity index is 1.46. The van der Waals surface area contributed by atoms with Gasteiger partial charge in [-0.25, -0.2) is 14.2 Å². The number of nitrogens with zero attached hydrogens (tertiary/aromatic N) is 3. The molecule has 3 aromatic rings. The van der Waals surface area contributed by atoms with Crippen molar-refractivity contribution in [3.05, 3.63) is 64.0 Å². The molecule has 0 aliphatic carbocycles. The van der Waals surface area contributed by atoms with E-state index < -0.39 is 22.8 Å². The molecule has 0 amide bonds. The maximum atomic E-state index is 14.7. The van der Waals surface area contributed by atoms with Crippen LogP contribution in [0.2, 0.25) is 0 Å². The van der Waals surface area contributed by atoms with E-state index >= 15 is 0 Å². The van der Waals surface area contributed by atoms with Gasteiger partial charge in [0.15, 0.2) is 11.6 Å². The van der Waals surface area contributed by atoms with Gasteiger partial charge in [0.1, 0.15) is 11.2 Å². The monoisotopic (exact) mass is 397 g/mol. The molecule has 0 saturated carbocycles. The van der Waals surface area contributed by atoms with Crippen molar-refractivity contribution >= 4 is 22.8 Å². The number of nitrogens with one attached hydrogen (secondary N) is 2. The third kappa shape index (κ3) is 3.95. The first-order valence-electron chi connectivity index (χ1n) is 9.35. The summed E-state index contributed by atoms with van der Waals surface area (Å²) in [5, 5.41) is 12.5. The van der Waals surface area contributed by atoms with Gasteiger partial charge >= 0.3 is 5.97 Å². The molecule has 1 atom stereocenters. The number of aromatic nitrogens is 3. The number of hydrogen-bond acceptors (Lipinski definition) is 6. The third-order valence-corrected chi connectivity index (χ3v) is 5.11. The number of carbonyl (C=O) groups is 1. The van der Waals surface area contributed by atoms with Crippen molar-refractivity contribution in [3.8, 4) is 0 Å². The minimum absolute atomic E-state index is 0.0719. The van der Waals surface area contributed by atoms with E-state index in [0.717, 1.165) is 31.6 Å². The first kappa shape index (κ1) is 19.0. The molecule has 0 bridgehead atoms. The maximum Gasteiger partial charge on any atom is 0.341 e. The number of aromatic carboxylic acids is 1. The molecule has 1 aliphatic rings. The summed E-state index contributed by atoms with van der Waals surface area (Å²) in [7, 11) is 0. The molecule has 8 nitrogen and oxygen atoms in total. The molecular formula is C20H20FN5O3. The normalized spacial score (nSPS) is 16.4. The molecule has 1 aliphatic heterocycles. The Bertz CT molecular complexity index is 1100. The summed E-state index contributed by atoms with van der Waals surface area (Å²) in [5.41, 5.74) is 0.187. The zero-order valence-electron chi connectivity index (χ0n) is 15.6. The van der Waals surface area contributed by atoms with Crippen LogP contribution >= 0.6 is 0 Å². The molecule has 0 aromatic carbocycles. The second-order valence-corrected chi connectivity index (χ2v) is 7.02. The standard InChI is InChI=1S/C20H20FN5O3/c21-16-9-14-17(27)15(20(28)29)10-24-18(14)25-19(16)26-8-4-13(11-26)23-7-3-12-1-5-22-6-2-12/h1-2,5-6,9-10,13,23H,3-4,7-8,11H2,(H,28,29)(H,24,25,27). The number of carboxylic acid groups (broad SMARTS) is 1. The summed E-state index contributed by atoms with van der Waals surface area (Å²) in [6.07, 6.45) is 6.36. The van der Waals surface area contributed by atoms with E-state index in [-0.39, 0.29) is 22.9 Å². The van der Waals surface area contributed by atoms with Crippen LogP contribution in [0.25, 0.3) is 11.0 Å². The van der Waals surface area contributed by atoms with Crippen LogP contribution in [0.4, 0.5) is 10.2 Å². The van der Waals surface area contributed by atoms with Crippen LogP contribution in [0, 0.1) is 5.82 Å². The fraction of sp³-hybridized carbons (Fsp3) is 0.300. The Labute approximate surface area is 165 Å². The number of hydrogen-bond donors (Lipinski definition) is 3. The quantitative estimate of drug-likeness (QED) is 0.579. The lowest BCUT2D eigenvalue weighted by molar-refractivity contribution is 0.0695. The molecular weight excluding hydrogens is 377 g/mol. The van der Waals surface area contributed by atoms with Gasteiger partial charge in [-0.05, 0) is 43.1 Å². The van der Waals surface area contributed by atoms with E-state index in [1.165, 1.54) is 5.56 Å². The van der Waals surface area contributed by atoms with E-state index in [1.807, 2.05) is 17.0 Å². The number of anilines is 1. The van der Waals surface area contributed by atoms with Crippen LogP contribution < -0.4 is 15.6 Å². The number of pyridine rings is 3. The predicted octanol–water partition coefficient (Wildman–Crippen LogP) is 1.57. The van der Waals surface area contributed by atoms with Crippen molar-refractivity contribution in [1.82, 2.24) is 20.3 Å². The van der Waals surface area contributed by atoms with Crippen LogP contribution in [-0.2, 0) is 6.42 Å². The Kier molecular flexibility index (Phi) is 5.22. The van der Waals surface area contributed by atoms with Crippen molar-refractivity contribution in [3.63, 3.8) is 0 Å². The van der Waals surface area contributed by atoms with Gasteiger partial charge in [-0.2, -0.15) is 0 Å². The Hall–Kier alpha value is -3.33. The minimum atomic E-state index is -1.36. The number of fused-ring (bicyclic) bond motifs is 1. The summed E-state index contributed by atoms with van der Waals surface area (Å²) >= 11 is 0. The second-order valence-electron chi connectivity index (χ2n) is 7.02. The molecule has 4 heterocycles. The number of H-pyrrole nitrogens is 1. The lowest BCUT2D eigenvalue weighted by atomic mass is 10.2. The molecule has 0 radical (unpaired) electrons. The van der Waals surface area contributed by atoms with Crippen molar-refractivity contribution < 1.29 is 14.3 Å². The highest BCUT2D eigenvalue weighted by atomic mass is 19.1. The van der Waals surface area contributed by atoms with E-state index in [9.17, 15) is 14.0 Å². The Morgan fingerprint density at radius 3 is 2.93 bits per heavy atom. The van der Waals surface area contributed by atoms with Crippen LogP contribution in [0.5, 0.6) is 0 Å². The Morgan fingerprint density at radius 1 is 1.38 bits per heavy atom. The molecule has 1 fully saturated rings. The maximum absolute atomic E-state index is 14.7. The number of halogens is 1. The summed E-state index contributed by atoms with van der Waals surface area (Å²) in [5.74, 6) is -1.84. The summed E-state index contributed by atoms with van der Waals surface area (Å²) in [6, 6.07) is 5.23. The molecule has 0 spiro atoms. The molecule has 4 rings (SSSR count). The third-order valence-electron chi connectivity index (χ3n) is 5.11. The first-order valence-corrected chi connectivity index (χ1v) is 9.35. The van der Waals surface area contributed by atoms with E-state index in [1.54, 1.807) is 12.4 Å². The smallest absolute Gasteiger partial charge is 0.341 e. The second kappa shape index (κ2) is 7.96. The number of carboxylic acids is 1. The van der Waals surface area contributed by atoms with Crippen LogP contribution in [0.3, 0.4) is 0 Å². The van der Waals surface area contributed by atoms with Gasteiger partial charge < -0.3 is 20.3 Å². The molecule has 3 N–H and O–H groups in total. The predicted molar refractivity (Wildman–Crippen MR) is 106 cm³/mol. The van der Waals surface area contributed by atoms with Crippen molar-refractivity contribution in [2.75, 3.05) is 24.5 Å². The van der Waals surface area contributed by atoms with Gasteiger partial charge in [0.25, 0.3) is 0 Å². The van der Waals surface area contributed by atoms with Crippen LogP contribution in [-0.4, -0.2) is 51.7 Å². The molecule has 1 saturated heterocycles. The lowest BCUT2D eigenvalue weighted by Gasteiger charge is -2.19. The Morgan fingerprint density at radius 2 is 2.17 bits per heavy atom. The topological polar surface area (TPSA) is 111 Å². The minimum Gasteiger partial charge on any atom is -0.477 e. The van der Waals surface area contributed by atoms with E-state index in [2.05, 4.69) is 20.3 Å². The highest BCUT2D eigenvalue weighted by Gasteiger charge is 2.26. The first-order chi connectivity index (χ1) is 14.0. The fourth-order valence-corrected chi connectivity index (χ4v) is 3.58. The van der Waals surface area contributed by atoms with Crippen LogP contribution in [0.15, 0.2) is 41.6 Å². The van der Waals surface area contributed by atoms with E-state index in [0.29, 0.717) is 13.1 Å². The van der Waals surface area contributed by atoms with Gasteiger partial charge in [-0.3, -0.25) is 9.78 Å². The van der Waals surface area contributed by atoms with Gasteiger partial charge in [-0.15, -0.1) is 0 Å². The lowest BCUT2D eigenvalue weighted by Crippen LogP contribution is -2.34. The number of rotatable bonds is 6. The van der Waals surface area contributed by atoms with Gasteiger partial charge in [-0.1, -0.05) is 0 Å². The zero-order chi connectivity index (χ0) is 20.4. The van der Waals surface area contributed by atoms with Crippen molar-refractivity contribution in [2.24, 2.45) is 0 Å².